The summed E-state index contributed by atoms with van der Waals surface area (Å²) in [6.45, 7) is 4.28. The summed E-state index contributed by atoms with van der Waals surface area (Å²) in [5.41, 5.74) is 0.536. The van der Waals surface area contributed by atoms with Crippen LogP contribution in [0.1, 0.15) is 25.0 Å². The molecule has 0 aliphatic heterocycles. The molecule has 0 saturated heterocycles. The van der Waals surface area contributed by atoms with Crippen molar-refractivity contribution in [3.63, 3.8) is 0 Å². The van der Waals surface area contributed by atoms with E-state index in [1.54, 1.807) is 6.92 Å². The normalized spacial score (nSPS) is 13.9. The summed E-state index contributed by atoms with van der Waals surface area (Å²) < 4.78 is 6.57. The molecule has 0 bridgehead atoms. The van der Waals surface area contributed by atoms with Gasteiger partial charge in [0.15, 0.2) is 0 Å². The number of hydrogen-bond donors (Lipinski definition) is 1. The van der Waals surface area contributed by atoms with E-state index in [2.05, 4.69) is 15.9 Å². The van der Waals surface area contributed by atoms with Gasteiger partial charge in [0.2, 0.25) is 0 Å². The summed E-state index contributed by atoms with van der Waals surface area (Å²) in [6, 6.07) is 15.3. The van der Waals surface area contributed by atoms with Crippen LogP contribution < -0.4 is 4.74 Å². The van der Waals surface area contributed by atoms with Gasteiger partial charge in [-0.25, -0.2) is 0 Å². The molecule has 100 valence electrons. The fraction of sp³-hybridized carbons (Fsp3) is 0.250. The molecule has 0 fully saturated rings. The number of halogens is 1. The van der Waals surface area contributed by atoms with Crippen molar-refractivity contribution in [3.8, 4) is 5.75 Å². The van der Waals surface area contributed by atoms with Crippen LogP contribution >= 0.6 is 15.9 Å². The first kappa shape index (κ1) is 14.1. The predicted octanol–water partition coefficient (Wildman–Crippen LogP) is 4.10. The van der Waals surface area contributed by atoms with Gasteiger partial charge in [-0.15, -0.1) is 0 Å². The van der Waals surface area contributed by atoms with E-state index < -0.39 is 5.60 Å². The van der Waals surface area contributed by atoms with Crippen molar-refractivity contribution in [2.24, 2.45) is 0 Å². The van der Waals surface area contributed by atoms with E-state index in [-0.39, 0.29) is 0 Å². The van der Waals surface area contributed by atoms with E-state index in [9.17, 15) is 5.11 Å². The minimum absolute atomic E-state index is 0.564. The zero-order valence-electron chi connectivity index (χ0n) is 11.1. The number of rotatable bonds is 4. The molecule has 0 aliphatic carbocycles. The second-order valence-electron chi connectivity index (χ2n) is 4.51. The number of benzene rings is 2. The van der Waals surface area contributed by atoms with Crippen molar-refractivity contribution in [1.29, 1.82) is 0 Å². The number of aliphatic hydroxyl groups is 1. The Labute approximate surface area is 122 Å². The van der Waals surface area contributed by atoms with Gasteiger partial charge in [-0.1, -0.05) is 52.3 Å². The first-order valence-corrected chi connectivity index (χ1v) is 7.05. The lowest BCUT2D eigenvalue weighted by Gasteiger charge is -2.26. The molecule has 1 atom stereocenters. The summed E-state index contributed by atoms with van der Waals surface area (Å²) in [7, 11) is 0. The lowest BCUT2D eigenvalue weighted by molar-refractivity contribution is 0.0981. The van der Waals surface area contributed by atoms with Gasteiger partial charge >= 0.3 is 0 Å². The number of ether oxygens (including phenoxy) is 1. The molecule has 0 aromatic heterocycles. The summed E-state index contributed by atoms with van der Waals surface area (Å²) in [4.78, 5) is 0. The van der Waals surface area contributed by atoms with Crippen LogP contribution in [0.3, 0.4) is 0 Å². The Morgan fingerprint density at radius 3 is 2.47 bits per heavy atom. The van der Waals surface area contributed by atoms with Crippen LogP contribution in [0.5, 0.6) is 5.75 Å². The summed E-state index contributed by atoms with van der Waals surface area (Å²) in [5.74, 6) is 0.700. The minimum atomic E-state index is -1.08. The fourth-order valence-corrected chi connectivity index (χ4v) is 2.43. The van der Waals surface area contributed by atoms with Crippen LogP contribution in [0.15, 0.2) is 53.0 Å². The maximum Gasteiger partial charge on any atom is 0.126 e. The molecule has 2 aromatic rings. The van der Waals surface area contributed by atoms with E-state index in [0.717, 1.165) is 15.6 Å². The third-order valence-corrected chi connectivity index (χ3v) is 3.60. The van der Waals surface area contributed by atoms with Gasteiger partial charge in [-0.05, 0) is 31.5 Å². The second kappa shape index (κ2) is 5.76. The number of hydrogen-bond acceptors (Lipinski definition) is 2. The van der Waals surface area contributed by atoms with Crippen LogP contribution in [-0.4, -0.2) is 11.7 Å². The van der Waals surface area contributed by atoms with Gasteiger partial charge in [-0.3, -0.25) is 0 Å². The Bertz CT molecular complexity index is 550. The third-order valence-electron chi connectivity index (χ3n) is 3.10. The highest BCUT2D eigenvalue weighted by atomic mass is 79.9. The zero-order valence-corrected chi connectivity index (χ0v) is 12.6. The van der Waals surface area contributed by atoms with Crippen LogP contribution in [0.2, 0.25) is 0 Å². The van der Waals surface area contributed by atoms with Crippen LogP contribution in [0, 0.1) is 0 Å². The third kappa shape index (κ3) is 2.99. The van der Waals surface area contributed by atoms with Crippen molar-refractivity contribution in [2.75, 3.05) is 6.61 Å². The van der Waals surface area contributed by atoms with Crippen molar-refractivity contribution in [1.82, 2.24) is 0 Å². The molecular weight excluding hydrogens is 304 g/mol. The molecule has 0 heterocycles. The van der Waals surface area contributed by atoms with Gasteiger partial charge in [0.25, 0.3) is 0 Å². The monoisotopic (exact) mass is 320 g/mol. The van der Waals surface area contributed by atoms with Gasteiger partial charge in [0.1, 0.15) is 11.4 Å². The van der Waals surface area contributed by atoms with Gasteiger partial charge in [0, 0.05) is 10.0 Å². The molecule has 1 N–H and O–H groups in total. The Morgan fingerprint density at radius 1 is 1.16 bits per heavy atom. The summed E-state index contributed by atoms with van der Waals surface area (Å²) in [5, 5.41) is 10.9. The lowest BCUT2D eigenvalue weighted by atomic mass is 9.87. The highest BCUT2D eigenvalue weighted by molar-refractivity contribution is 9.10. The van der Waals surface area contributed by atoms with E-state index in [1.165, 1.54) is 0 Å². The van der Waals surface area contributed by atoms with E-state index in [4.69, 9.17) is 4.74 Å². The van der Waals surface area contributed by atoms with E-state index in [0.29, 0.717) is 12.4 Å². The molecule has 0 amide bonds. The molecule has 0 aliphatic rings. The molecule has 1 unspecified atom stereocenters. The maximum absolute atomic E-state index is 10.9. The fourth-order valence-electron chi connectivity index (χ4n) is 2.09. The molecule has 2 rings (SSSR count). The second-order valence-corrected chi connectivity index (χ2v) is 5.43. The van der Waals surface area contributed by atoms with Crippen molar-refractivity contribution in [2.45, 2.75) is 19.4 Å². The maximum atomic E-state index is 10.9. The molecular formula is C16H17BrO2. The first-order chi connectivity index (χ1) is 9.05. The van der Waals surface area contributed by atoms with Crippen LogP contribution in [0.25, 0.3) is 0 Å². The molecule has 19 heavy (non-hydrogen) atoms. The molecule has 0 saturated carbocycles. The Morgan fingerprint density at radius 2 is 1.84 bits per heavy atom. The first-order valence-electron chi connectivity index (χ1n) is 6.26. The Kier molecular flexibility index (Phi) is 4.27. The average molecular weight is 321 g/mol. The minimum Gasteiger partial charge on any atom is -0.493 e. The molecule has 0 radical (unpaired) electrons. The topological polar surface area (TPSA) is 29.5 Å². The van der Waals surface area contributed by atoms with E-state index in [1.807, 2.05) is 55.5 Å². The molecule has 0 spiro atoms. The van der Waals surface area contributed by atoms with E-state index >= 15 is 0 Å². The summed E-state index contributed by atoms with van der Waals surface area (Å²) in [6.07, 6.45) is 0. The average Bonchev–Trinajstić information content (AvgIpc) is 2.40. The van der Waals surface area contributed by atoms with Crippen LogP contribution in [0.4, 0.5) is 0 Å². The lowest BCUT2D eigenvalue weighted by Crippen LogP contribution is -2.23. The smallest absolute Gasteiger partial charge is 0.126 e. The highest BCUT2D eigenvalue weighted by Gasteiger charge is 2.28. The van der Waals surface area contributed by atoms with Crippen LogP contribution in [-0.2, 0) is 5.60 Å². The Hall–Kier alpha value is -1.32. The molecule has 3 heteroatoms. The highest BCUT2D eigenvalue weighted by Crippen LogP contribution is 2.36. The largest absolute Gasteiger partial charge is 0.493 e. The van der Waals surface area contributed by atoms with Gasteiger partial charge in [-0.2, -0.15) is 0 Å². The molecule has 2 aromatic carbocycles. The van der Waals surface area contributed by atoms with Gasteiger partial charge < -0.3 is 9.84 Å². The zero-order chi connectivity index (χ0) is 13.9. The van der Waals surface area contributed by atoms with Gasteiger partial charge in [0.05, 0.1) is 6.61 Å². The van der Waals surface area contributed by atoms with Crippen molar-refractivity contribution >= 4 is 15.9 Å². The quantitative estimate of drug-likeness (QED) is 0.918. The molecule has 2 nitrogen and oxygen atoms in total. The predicted molar refractivity (Wildman–Crippen MR) is 80.4 cm³/mol. The Balaban J connectivity index is 2.51. The standard InChI is InChI=1S/C16H17BrO2/c1-3-19-15-11-13(17)9-10-14(15)16(2,18)12-7-5-4-6-8-12/h4-11,18H,3H2,1-2H3. The summed E-state index contributed by atoms with van der Waals surface area (Å²) >= 11 is 3.43. The van der Waals surface area contributed by atoms with Crippen molar-refractivity contribution < 1.29 is 9.84 Å². The SMILES string of the molecule is CCOc1cc(Br)ccc1C(C)(O)c1ccccc1. The van der Waals surface area contributed by atoms with Crippen molar-refractivity contribution in [3.05, 3.63) is 64.1 Å².